The zero-order chi connectivity index (χ0) is 24.0. The molecule has 1 aromatic rings. The van der Waals surface area contributed by atoms with Crippen LogP contribution in [0.5, 0.6) is 0 Å². The lowest BCUT2D eigenvalue weighted by Gasteiger charge is -2.42. The minimum absolute atomic E-state index is 0.0118. The summed E-state index contributed by atoms with van der Waals surface area (Å²) in [6, 6.07) is 5.18. The van der Waals surface area contributed by atoms with Crippen LogP contribution >= 0.6 is 23.2 Å². The van der Waals surface area contributed by atoms with E-state index in [0.29, 0.717) is 49.2 Å². The standard InChI is InChI=1S/C24H33Cl2N3O4/c1-24(17-30)8-12-27(16-21(24)31)9-2-10-28-13-14-29(11-7-23(28)33)22(32)6-4-18-3-5-19(25)20(26)15-18/h3-6,15,21,30-31H,2,7-14,16-17H2,1H3/t21-,24-/m0/s1. The lowest BCUT2D eigenvalue weighted by Crippen LogP contribution is -2.51. The topological polar surface area (TPSA) is 84.3 Å². The molecule has 0 aromatic heterocycles. The number of hydrogen-bond acceptors (Lipinski definition) is 5. The number of piperidine rings is 1. The average molecular weight is 498 g/mol. The number of amides is 2. The van der Waals surface area contributed by atoms with Gasteiger partial charge < -0.3 is 24.9 Å². The molecule has 0 saturated carbocycles. The molecular formula is C24H33Cl2N3O4. The molecule has 2 amide bonds. The summed E-state index contributed by atoms with van der Waals surface area (Å²) in [5.41, 5.74) is 0.356. The van der Waals surface area contributed by atoms with Crippen molar-refractivity contribution in [3.63, 3.8) is 0 Å². The van der Waals surface area contributed by atoms with Gasteiger partial charge in [-0.1, -0.05) is 36.2 Å². The summed E-state index contributed by atoms with van der Waals surface area (Å²) in [5, 5.41) is 20.7. The highest BCUT2D eigenvalue weighted by Gasteiger charge is 2.37. The summed E-state index contributed by atoms with van der Waals surface area (Å²) < 4.78 is 0. The van der Waals surface area contributed by atoms with Crippen molar-refractivity contribution in [3.05, 3.63) is 39.9 Å². The number of halogens is 2. The molecule has 33 heavy (non-hydrogen) atoms. The maximum absolute atomic E-state index is 12.6. The predicted molar refractivity (Wildman–Crippen MR) is 130 cm³/mol. The van der Waals surface area contributed by atoms with Crippen LogP contribution in [0.1, 0.15) is 31.7 Å². The van der Waals surface area contributed by atoms with Crippen LogP contribution in [0.15, 0.2) is 24.3 Å². The smallest absolute Gasteiger partial charge is 0.246 e. The van der Waals surface area contributed by atoms with Gasteiger partial charge in [0.1, 0.15) is 0 Å². The van der Waals surface area contributed by atoms with E-state index in [-0.39, 0.29) is 18.4 Å². The molecule has 2 saturated heterocycles. The number of rotatable bonds is 7. The molecule has 2 aliphatic rings. The molecule has 7 nitrogen and oxygen atoms in total. The number of aliphatic hydroxyl groups is 2. The first-order valence-electron chi connectivity index (χ1n) is 11.4. The van der Waals surface area contributed by atoms with Crippen LogP contribution in [0.2, 0.25) is 10.0 Å². The first-order valence-corrected chi connectivity index (χ1v) is 12.2. The Labute approximate surface area is 205 Å². The summed E-state index contributed by atoms with van der Waals surface area (Å²) >= 11 is 11.9. The van der Waals surface area contributed by atoms with Crippen molar-refractivity contribution in [1.82, 2.24) is 14.7 Å². The van der Waals surface area contributed by atoms with E-state index in [2.05, 4.69) is 4.90 Å². The minimum atomic E-state index is -0.549. The fourth-order valence-electron chi connectivity index (χ4n) is 4.22. The van der Waals surface area contributed by atoms with Crippen LogP contribution in [-0.2, 0) is 9.59 Å². The van der Waals surface area contributed by atoms with Crippen LogP contribution < -0.4 is 0 Å². The SMILES string of the molecule is C[C@@]1(CO)CCN(CCCN2CCN(C(=O)C=Cc3ccc(Cl)c(Cl)c3)CCC2=O)C[C@@H]1O. The third kappa shape index (κ3) is 6.93. The van der Waals surface area contributed by atoms with E-state index in [0.717, 1.165) is 31.5 Å². The second-order valence-corrected chi connectivity index (χ2v) is 10.0. The number of hydrogen-bond donors (Lipinski definition) is 2. The van der Waals surface area contributed by atoms with Gasteiger partial charge in [0.2, 0.25) is 11.8 Å². The Morgan fingerprint density at radius 3 is 2.67 bits per heavy atom. The first-order chi connectivity index (χ1) is 15.7. The maximum atomic E-state index is 12.6. The van der Waals surface area contributed by atoms with E-state index in [1.807, 2.05) is 11.8 Å². The second-order valence-electron chi connectivity index (χ2n) is 9.20. The van der Waals surface area contributed by atoms with Crippen molar-refractivity contribution >= 4 is 41.1 Å². The number of likely N-dealkylation sites (tertiary alicyclic amines) is 1. The third-order valence-corrected chi connectivity index (χ3v) is 7.50. The fraction of sp³-hybridized carbons (Fsp3) is 0.583. The largest absolute Gasteiger partial charge is 0.396 e. The number of benzene rings is 1. The van der Waals surface area contributed by atoms with Gasteiger partial charge in [0, 0.05) is 50.6 Å². The number of carbonyl (C=O) groups excluding carboxylic acids is 2. The number of aliphatic hydroxyl groups excluding tert-OH is 2. The Balaban J connectivity index is 1.45. The molecule has 0 spiro atoms. The second kappa shape index (κ2) is 11.7. The van der Waals surface area contributed by atoms with Gasteiger partial charge in [0.15, 0.2) is 0 Å². The number of nitrogens with zero attached hydrogens (tertiary/aromatic N) is 3. The zero-order valence-electron chi connectivity index (χ0n) is 19.1. The van der Waals surface area contributed by atoms with Gasteiger partial charge in [-0.15, -0.1) is 0 Å². The van der Waals surface area contributed by atoms with E-state index in [9.17, 15) is 19.8 Å². The van der Waals surface area contributed by atoms with Crippen molar-refractivity contribution in [1.29, 1.82) is 0 Å². The van der Waals surface area contributed by atoms with E-state index < -0.39 is 11.5 Å². The number of β-amino-alcohol motifs (C(OH)–C–C–N with tert-alkyl or cyclic N) is 1. The van der Waals surface area contributed by atoms with Crippen LogP contribution in [-0.4, -0.2) is 95.3 Å². The summed E-state index contributed by atoms with van der Waals surface area (Å²) in [6.45, 7) is 6.09. The molecule has 0 aliphatic carbocycles. The van der Waals surface area contributed by atoms with Crippen molar-refractivity contribution in [2.45, 2.75) is 32.3 Å². The molecule has 3 rings (SSSR count). The molecule has 2 atom stereocenters. The third-order valence-electron chi connectivity index (χ3n) is 6.76. The van der Waals surface area contributed by atoms with Gasteiger partial charge in [-0.3, -0.25) is 9.59 Å². The average Bonchev–Trinajstić information content (AvgIpc) is 2.98. The number of carbonyl (C=O) groups is 2. The van der Waals surface area contributed by atoms with E-state index in [4.69, 9.17) is 23.2 Å². The minimum Gasteiger partial charge on any atom is -0.396 e. The molecule has 0 bridgehead atoms. The highest BCUT2D eigenvalue weighted by Crippen LogP contribution is 2.30. The van der Waals surface area contributed by atoms with Crippen molar-refractivity contribution < 1.29 is 19.8 Å². The van der Waals surface area contributed by atoms with Crippen LogP contribution in [0, 0.1) is 5.41 Å². The Hall–Kier alpha value is -1.64. The molecule has 2 heterocycles. The molecule has 2 aliphatic heterocycles. The van der Waals surface area contributed by atoms with Gasteiger partial charge in [0.25, 0.3) is 0 Å². The van der Waals surface area contributed by atoms with E-state index >= 15 is 0 Å². The summed E-state index contributed by atoms with van der Waals surface area (Å²) in [7, 11) is 0. The molecule has 0 unspecified atom stereocenters. The Morgan fingerprint density at radius 1 is 1.18 bits per heavy atom. The van der Waals surface area contributed by atoms with Gasteiger partial charge >= 0.3 is 0 Å². The van der Waals surface area contributed by atoms with Gasteiger partial charge in [-0.05, 0) is 49.7 Å². The van der Waals surface area contributed by atoms with Crippen LogP contribution in [0.4, 0.5) is 0 Å². The monoisotopic (exact) mass is 497 g/mol. The van der Waals surface area contributed by atoms with Crippen LogP contribution in [0.3, 0.4) is 0 Å². The van der Waals surface area contributed by atoms with Crippen molar-refractivity contribution in [2.75, 3.05) is 52.4 Å². The van der Waals surface area contributed by atoms with E-state index in [1.54, 1.807) is 29.2 Å². The molecule has 2 N–H and O–H groups in total. The van der Waals surface area contributed by atoms with Gasteiger partial charge in [-0.25, -0.2) is 0 Å². The van der Waals surface area contributed by atoms with Crippen molar-refractivity contribution in [3.8, 4) is 0 Å². The van der Waals surface area contributed by atoms with Crippen LogP contribution in [0.25, 0.3) is 6.08 Å². The molecule has 0 radical (unpaired) electrons. The van der Waals surface area contributed by atoms with Gasteiger partial charge in [0.05, 0.1) is 22.8 Å². The summed E-state index contributed by atoms with van der Waals surface area (Å²) in [4.78, 5) is 30.9. The summed E-state index contributed by atoms with van der Waals surface area (Å²) in [6.07, 6.45) is 4.52. The highest BCUT2D eigenvalue weighted by molar-refractivity contribution is 6.42. The van der Waals surface area contributed by atoms with Crippen molar-refractivity contribution in [2.24, 2.45) is 5.41 Å². The molecule has 1 aromatic carbocycles. The fourth-order valence-corrected chi connectivity index (χ4v) is 4.53. The molecular weight excluding hydrogens is 465 g/mol. The Bertz CT molecular complexity index is 881. The quantitative estimate of drug-likeness (QED) is 0.565. The summed E-state index contributed by atoms with van der Waals surface area (Å²) in [5.74, 6) is -0.0738. The predicted octanol–water partition coefficient (Wildman–Crippen LogP) is 2.52. The molecule has 9 heteroatoms. The zero-order valence-corrected chi connectivity index (χ0v) is 20.6. The first kappa shape index (κ1) is 26.0. The Morgan fingerprint density at radius 2 is 1.97 bits per heavy atom. The lowest BCUT2D eigenvalue weighted by molar-refractivity contribution is -0.130. The lowest BCUT2D eigenvalue weighted by atomic mass is 9.79. The molecule has 182 valence electrons. The normalized spacial score (nSPS) is 25.0. The highest BCUT2D eigenvalue weighted by atomic mass is 35.5. The van der Waals surface area contributed by atoms with E-state index in [1.165, 1.54) is 6.08 Å². The molecule has 2 fully saturated rings. The maximum Gasteiger partial charge on any atom is 0.246 e. The van der Waals surface area contributed by atoms with Gasteiger partial charge in [-0.2, -0.15) is 0 Å². The Kier molecular flexibility index (Phi) is 9.18.